The molecule has 0 amide bonds. The van der Waals surface area contributed by atoms with Crippen LogP contribution in [0.25, 0.3) is 38.6 Å². The number of benzene rings is 5. The van der Waals surface area contributed by atoms with Crippen LogP contribution in [0.4, 0.5) is 17.1 Å². The summed E-state index contributed by atoms with van der Waals surface area (Å²) in [5, 5.41) is 2.54. The van der Waals surface area contributed by atoms with Gasteiger partial charge in [0.1, 0.15) is 11.4 Å². The number of fused-ring (bicyclic) bond motifs is 7. The summed E-state index contributed by atoms with van der Waals surface area (Å²) >= 11 is 0. The number of anilines is 2. The second-order valence-electron chi connectivity index (χ2n) is 9.79. The van der Waals surface area contributed by atoms with Crippen LogP contribution < -0.4 is 4.90 Å². The SMILES string of the molecule is CC1=[N+](C)c2ccccc2-n2c3ccccc3c3cccc(c32)-c2ccccc2N1c1ccccc1C. The van der Waals surface area contributed by atoms with Gasteiger partial charge in [-0.15, -0.1) is 0 Å². The van der Waals surface area contributed by atoms with E-state index < -0.39 is 0 Å². The van der Waals surface area contributed by atoms with Crippen molar-refractivity contribution >= 4 is 44.7 Å². The fourth-order valence-electron chi connectivity index (χ4n) is 5.94. The second kappa shape index (κ2) is 8.21. The van der Waals surface area contributed by atoms with Crippen LogP contribution in [0, 0.1) is 6.92 Å². The third kappa shape index (κ3) is 3.10. The van der Waals surface area contributed by atoms with Gasteiger partial charge < -0.3 is 4.57 Å². The summed E-state index contributed by atoms with van der Waals surface area (Å²) in [7, 11) is 2.18. The summed E-state index contributed by atoms with van der Waals surface area (Å²) in [5.74, 6) is 1.14. The van der Waals surface area contributed by atoms with Crippen LogP contribution in [-0.4, -0.2) is 22.0 Å². The van der Waals surface area contributed by atoms with Crippen LogP contribution in [0.1, 0.15) is 12.5 Å². The highest BCUT2D eigenvalue weighted by molar-refractivity contribution is 6.16. The van der Waals surface area contributed by atoms with Crippen LogP contribution in [0.15, 0.2) is 115 Å². The molecule has 0 fully saturated rings. The van der Waals surface area contributed by atoms with E-state index in [2.05, 4.69) is 150 Å². The van der Waals surface area contributed by atoms with Gasteiger partial charge in [0.05, 0.1) is 23.8 Å². The van der Waals surface area contributed by atoms with Crippen molar-refractivity contribution in [3.63, 3.8) is 0 Å². The fourth-order valence-corrected chi connectivity index (χ4v) is 5.94. The quantitative estimate of drug-likeness (QED) is 0.215. The monoisotopic (exact) mass is 478 g/mol. The Balaban J connectivity index is 1.74. The van der Waals surface area contributed by atoms with Gasteiger partial charge in [0.15, 0.2) is 5.69 Å². The Kier molecular flexibility index (Phi) is 4.80. The van der Waals surface area contributed by atoms with Crippen LogP contribution in [-0.2, 0) is 0 Å². The zero-order valence-corrected chi connectivity index (χ0v) is 21.3. The molecule has 0 saturated heterocycles. The summed E-state index contributed by atoms with van der Waals surface area (Å²) in [6.45, 7) is 4.41. The van der Waals surface area contributed by atoms with Gasteiger partial charge in [0.2, 0.25) is 0 Å². The highest BCUT2D eigenvalue weighted by atomic mass is 15.2. The Labute approximate surface area is 217 Å². The molecular formula is C34H28N3+. The zero-order chi connectivity index (χ0) is 25.1. The molecule has 0 saturated carbocycles. The van der Waals surface area contributed by atoms with Crippen LogP contribution >= 0.6 is 0 Å². The molecule has 1 aliphatic heterocycles. The van der Waals surface area contributed by atoms with Gasteiger partial charge in [0, 0.05) is 28.8 Å². The highest BCUT2D eigenvalue weighted by Crippen LogP contribution is 2.44. The number of hydrogen-bond donors (Lipinski definition) is 0. The van der Waals surface area contributed by atoms with Gasteiger partial charge in [-0.2, -0.15) is 4.90 Å². The molecule has 37 heavy (non-hydrogen) atoms. The molecule has 3 nitrogen and oxygen atoms in total. The summed E-state index contributed by atoms with van der Waals surface area (Å²) in [6.07, 6.45) is 0. The topological polar surface area (TPSA) is 11.2 Å². The number of aryl methyl sites for hydroxylation is 1. The van der Waals surface area contributed by atoms with Gasteiger partial charge in [-0.1, -0.05) is 84.9 Å². The van der Waals surface area contributed by atoms with Crippen molar-refractivity contribution in [3.05, 3.63) is 121 Å². The van der Waals surface area contributed by atoms with Crippen LogP contribution in [0.3, 0.4) is 0 Å². The molecule has 3 heteroatoms. The molecule has 0 spiro atoms. The number of nitrogens with zero attached hydrogens (tertiary/aromatic N) is 3. The number of aromatic nitrogens is 1. The lowest BCUT2D eigenvalue weighted by Gasteiger charge is -2.25. The minimum atomic E-state index is 1.14. The Bertz CT molecular complexity index is 1870. The Morgan fingerprint density at radius 1 is 0.541 bits per heavy atom. The average Bonchev–Trinajstić information content (AvgIpc) is 3.28. The minimum absolute atomic E-state index is 1.14. The lowest BCUT2D eigenvalue weighted by atomic mass is 9.98. The molecule has 6 aromatic rings. The van der Waals surface area contributed by atoms with Crippen molar-refractivity contribution in [2.24, 2.45) is 0 Å². The molecule has 0 atom stereocenters. The zero-order valence-electron chi connectivity index (χ0n) is 21.3. The first-order chi connectivity index (χ1) is 18.1. The first-order valence-electron chi connectivity index (χ1n) is 12.8. The third-order valence-corrected chi connectivity index (χ3v) is 7.78. The Hall–Kier alpha value is -4.63. The molecule has 2 heterocycles. The normalized spacial score (nSPS) is 13.1. The van der Waals surface area contributed by atoms with Crippen molar-refractivity contribution < 1.29 is 4.58 Å². The molecule has 178 valence electrons. The van der Waals surface area contributed by atoms with E-state index in [-0.39, 0.29) is 0 Å². The van der Waals surface area contributed by atoms with Gasteiger partial charge >= 0.3 is 0 Å². The maximum atomic E-state index is 2.46. The fraction of sp³-hybridized carbons (Fsp3) is 0.0882. The molecular weight excluding hydrogens is 450 g/mol. The van der Waals surface area contributed by atoms with Gasteiger partial charge in [-0.25, -0.2) is 4.58 Å². The smallest absolute Gasteiger partial charge is 0.259 e. The first-order valence-corrected chi connectivity index (χ1v) is 12.8. The second-order valence-corrected chi connectivity index (χ2v) is 9.79. The van der Waals surface area contributed by atoms with E-state index >= 15 is 0 Å². The Morgan fingerprint density at radius 3 is 2.00 bits per heavy atom. The van der Waals surface area contributed by atoms with Crippen LogP contribution in [0.5, 0.6) is 0 Å². The van der Waals surface area contributed by atoms with Crippen LogP contribution in [0.2, 0.25) is 0 Å². The van der Waals surface area contributed by atoms with Crippen molar-refractivity contribution in [2.75, 3.05) is 11.9 Å². The van der Waals surface area contributed by atoms with E-state index in [1.165, 1.54) is 55.6 Å². The van der Waals surface area contributed by atoms with E-state index in [0.717, 1.165) is 11.5 Å². The van der Waals surface area contributed by atoms with Gasteiger partial charge in [-0.05, 0) is 42.8 Å². The molecule has 0 bridgehead atoms. The summed E-state index contributed by atoms with van der Waals surface area (Å²) in [5.41, 5.74) is 10.8. The minimum Gasteiger partial charge on any atom is -0.305 e. The summed E-state index contributed by atoms with van der Waals surface area (Å²) < 4.78 is 4.78. The summed E-state index contributed by atoms with van der Waals surface area (Å²) in [6, 6.07) is 41.7. The summed E-state index contributed by atoms with van der Waals surface area (Å²) in [4.78, 5) is 2.42. The van der Waals surface area contributed by atoms with E-state index in [9.17, 15) is 0 Å². The maximum absolute atomic E-state index is 2.46. The largest absolute Gasteiger partial charge is 0.305 e. The van der Waals surface area contributed by atoms with Crippen molar-refractivity contribution in [1.82, 2.24) is 4.57 Å². The van der Waals surface area contributed by atoms with Gasteiger partial charge in [0.25, 0.3) is 5.84 Å². The number of rotatable bonds is 1. The highest BCUT2D eigenvalue weighted by Gasteiger charge is 2.31. The molecule has 0 aliphatic carbocycles. The van der Waals surface area contributed by atoms with Crippen molar-refractivity contribution in [2.45, 2.75) is 13.8 Å². The lowest BCUT2D eigenvalue weighted by molar-refractivity contribution is -0.406. The molecule has 1 aliphatic rings. The number of para-hydroxylation sites is 6. The van der Waals surface area contributed by atoms with E-state index in [1.54, 1.807) is 0 Å². The molecule has 7 rings (SSSR count). The standard InChI is InChI=1S/C34H28N3/c1-23-13-4-7-18-29(23)36-24(2)35(3)32-21-10-11-22-33(32)37-31-20-9-6-15-26(31)28-17-12-16-27(34(28)37)25-14-5-8-19-30(25)36/h4-22H,1-3H3/q+1. The van der Waals surface area contributed by atoms with E-state index in [1.807, 2.05) is 0 Å². The third-order valence-electron chi connectivity index (χ3n) is 7.78. The Morgan fingerprint density at radius 2 is 1.16 bits per heavy atom. The molecule has 0 N–H and O–H groups in total. The van der Waals surface area contributed by atoms with E-state index in [0.29, 0.717) is 0 Å². The predicted octanol–water partition coefficient (Wildman–Crippen LogP) is 8.60. The molecule has 0 radical (unpaired) electrons. The van der Waals surface area contributed by atoms with Crippen molar-refractivity contribution in [3.8, 4) is 16.8 Å². The van der Waals surface area contributed by atoms with E-state index in [4.69, 9.17) is 0 Å². The predicted molar refractivity (Wildman–Crippen MR) is 156 cm³/mol. The lowest BCUT2D eigenvalue weighted by Crippen LogP contribution is -2.31. The number of hydrogen-bond acceptors (Lipinski definition) is 1. The van der Waals surface area contributed by atoms with Crippen molar-refractivity contribution in [1.29, 1.82) is 0 Å². The molecule has 5 aromatic carbocycles. The molecule has 0 unspecified atom stereocenters. The molecule has 1 aromatic heterocycles. The first kappa shape index (κ1) is 21.6. The maximum Gasteiger partial charge on any atom is 0.259 e. The average molecular weight is 479 g/mol. The van der Waals surface area contributed by atoms with Gasteiger partial charge in [-0.3, -0.25) is 0 Å². The number of amidine groups is 1.